The van der Waals surface area contributed by atoms with Crippen molar-refractivity contribution in [3.05, 3.63) is 71.6 Å². The molecular formula is C42H50N8O6. The van der Waals surface area contributed by atoms with Crippen molar-refractivity contribution in [2.45, 2.75) is 101 Å². The molecule has 9 rings (SSSR count). The molecule has 2 bridgehead atoms. The fourth-order valence-corrected chi connectivity index (χ4v) is 9.52. The van der Waals surface area contributed by atoms with Crippen LogP contribution in [0.2, 0.25) is 0 Å². The number of imidazole rings is 2. The summed E-state index contributed by atoms with van der Waals surface area (Å²) in [5, 5.41) is 5.18. The van der Waals surface area contributed by atoms with Crippen LogP contribution in [0.25, 0.3) is 33.6 Å². The number of aromatic nitrogens is 4. The van der Waals surface area contributed by atoms with Gasteiger partial charge in [-0.25, -0.2) is 19.6 Å². The summed E-state index contributed by atoms with van der Waals surface area (Å²) in [6.45, 7) is 4.56. The summed E-state index contributed by atoms with van der Waals surface area (Å²) in [7, 11) is 2.57. The van der Waals surface area contributed by atoms with E-state index in [9.17, 15) is 19.2 Å². The number of nitrogens with one attached hydrogen (secondary N) is 4. The molecule has 4 aromatic rings. The van der Waals surface area contributed by atoms with Gasteiger partial charge in [0.15, 0.2) is 0 Å². The highest BCUT2D eigenvalue weighted by Gasteiger charge is 2.39. The Labute approximate surface area is 326 Å². The standard InChI is InChI=1S/C42H50N8O6/c1-23(45-41(53)55-3)39(51)49-19-5-7-33(49)37-43-21-31(47-37)26-11-9-25(10-12-26)29-17-18-30(36-28-15-13-27(14-16-28)35(29)36)32-22-44-38(48-32)34-8-6-20-50(34)40(52)24(2)46-42(54)56-4/h9-12,17-18,21-24,27-28,33-34H,5-8,13-16,19-20H2,1-4H3,(H,43,47)(H,44,48)(H,45,53)(H,46,54)/t23-,24+,27?,28?,33?,34?/m1/s1. The highest BCUT2D eigenvalue weighted by molar-refractivity contribution is 5.87. The molecule has 14 heteroatoms. The van der Waals surface area contributed by atoms with Crippen LogP contribution in [0, 0.1) is 0 Å². The number of hydrogen-bond acceptors (Lipinski definition) is 8. The maximum absolute atomic E-state index is 13.3. The van der Waals surface area contributed by atoms with E-state index < -0.39 is 24.3 Å². The Balaban J connectivity index is 1.02. The van der Waals surface area contributed by atoms with Gasteiger partial charge in [-0.3, -0.25) is 9.59 Å². The molecule has 0 radical (unpaired) electrons. The first-order valence-corrected chi connectivity index (χ1v) is 19.8. The zero-order valence-electron chi connectivity index (χ0n) is 32.4. The van der Waals surface area contributed by atoms with Gasteiger partial charge in [0.2, 0.25) is 11.8 Å². The second-order valence-corrected chi connectivity index (χ2v) is 15.6. The number of rotatable bonds is 9. The topological polar surface area (TPSA) is 175 Å². The van der Waals surface area contributed by atoms with Gasteiger partial charge in [-0.05, 0) is 105 Å². The first kappa shape index (κ1) is 37.3. The quantitative estimate of drug-likeness (QED) is 0.146. The molecule has 2 aliphatic heterocycles. The van der Waals surface area contributed by atoms with Crippen LogP contribution in [0.4, 0.5) is 9.59 Å². The van der Waals surface area contributed by atoms with E-state index in [1.54, 1.807) is 18.7 Å². The molecule has 4 atom stereocenters. The summed E-state index contributed by atoms with van der Waals surface area (Å²) in [4.78, 5) is 70.3. The normalized spacial score (nSPS) is 22.4. The van der Waals surface area contributed by atoms with Gasteiger partial charge in [0.05, 0.1) is 50.1 Å². The highest BCUT2D eigenvalue weighted by atomic mass is 16.5. The lowest BCUT2D eigenvalue weighted by molar-refractivity contribution is -0.134. The number of fused-ring (bicyclic) bond motifs is 2. The number of carbonyl (C=O) groups is 4. The first-order chi connectivity index (χ1) is 27.1. The maximum atomic E-state index is 13.3. The molecule has 2 unspecified atom stereocenters. The van der Waals surface area contributed by atoms with Crippen molar-refractivity contribution >= 4 is 24.0 Å². The number of methoxy groups -OCH3 is 2. The number of alkyl carbamates (subject to hydrolysis) is 2. The number of aromatic amines is 2. The molecule has 294 valence electrons. The molecule has 4 amide bonds. The number of amides is 4. The third kappa shape index (κ3) is 6.90. The highest BCUT2D eigenvalue weighted by Crippen LogP contribution is 2.55. The molecule has 4 N–H and O–H groups in total. The van der Waals surface area contributed by atoms with Crippen LogP contribution in [-0.2, 0) is 19.1 Å². The number of H-pyrrole nitrogens is 2. The fourth-order valence-electron chi connectivity index (χ4n) is 9.52. The van der Waals surface area contributed by atoms with Crippen molar-refractivity contribution in [3.8, 4) is 33.6 Å². The maximum Gasteiger partial charge on any atom is 0.407 e. The Kier molecular flexibility index (Phi) is 10.3. The predicted molar refractivity (Wildman–Crippen MR) is 208 cm³/mol. The minimum atomic E-state index is -0.704. The van der Waals surface area contributed by atoms with Crippen LogP contribution < -0.4 is 10.6 Å². The first-order valence-electron chi connectivity index (χ1n) is 19.8. The van der Waals surface area contributed by atoms with Crippen molar-refractivity contribution in [2.75, 3.05) is 27.3 Å². The van der Waals surface area contributed by atoms with Crippen molar-refractivity contribution in [1.82, 2.24) is 40.4 Å². The van der Waals surface area contributed by atoms with Gasteiger partial charge < -0.3 is 39.9 Å². The van der Waals surface area contributed by atoms with Crippen molar-refractivity contribution in [3.63, 3.8) is 0 Å². The largest absolute Gasteiger partial charge is 0.453 e. The molecule has 2 saturated heterocycles. The van der Waals surface area contributed by atoms with Crippen LogP contribution in [-0.4, -0.2) is 93.1 Å². The Bertz CT molecular complexity index is 2120. The monoisotopic (exact) mass is 762 g/mol. The third-order valence-corrected chi connectivity index (χ3v) is 12.3. The molecule has 0 spiro atoms. The van der Waals surface area contributed by atoms with Gasteiger partial charge in [-0.2, -0.15) is 0 Å². The number of carbonyl (C=O) groups excluding carboxylic acids is 4. The average Bonchev–Trinajstić information content (AvgIpc) is 4.07. The van der Waals surface area contributed by atoms with Crippen molar-refractivity contribution in [2.24, 2.45) is 0 Å². The van der Waals surface area contributed by atoms with E-state index in [0.717, 1.165) is 54.3 Å². The predicted octanol–water partition coefficient (Wildman–Crippen LogP) is 6.70. The Hall–Kier alpha value is -5.66. The van der Waals surface area contributed by atoms with Gasteiger partial charge in [-0.15, -0.1) is 0 Å². The molecule has 3 aliphatic carbocycles. The summed E-state index contributed by atoms with van der Waals surface area (Å²) in [5.74, 6) is 2.17. The smallest absolute Gasteiger partial charge is 0.407 e. The summed E-state index contributed by atoms with van der Waals surface area (Å²) in [5.41, 5.74) is 9.35. The lowest BCUT2D eigenvalue weighted by atomic mass is 9.64. The lowest BCUT2D eigenvalue weighted by Gasteiger charge is -2.41. The summed E-state index contributed by atoms with van der Waals surface area (Å²) in [6, 6.07) is 11.3. The van der Waals surface area contributed by atoms with Crippen molar-refractivity contribution < 1.29 is 28.7 Å². The number of nitrogens with zero attached hydrogens (tertiary/aromatic N) is 4. The molecule has 1 saturated carbocycles. The summed E-state index contributed by atoms with van der Waals surface area (Å²) < 4.78 is 9.38. The summed E-state index contributed by atoms with van der Waals surface area (Å²) >= 11 is 0. The van der Waals surface area contributed by atoms with Gasteiger partial charge in [0.25, 0.3) is 0 Å². The van der Waals surface area contributed by atoms with Gasteiger partial charge in [-0.1, -0.05) is 36.4 Å². The minimum Gasteiger partial charge on any atom is -0.453 e. The van der Waals surface area contributed by atoms with E-state index >= 15 is 0 Å². The van der Waals surface area contributed by atoms with E-state index in [1.807, 2.05) is 17.3 Å². The van der Waals surface area contributed by atoms with Crippen LogP contribution in [0.3, 0.4) is 0 Å². The zero-order chi connectivity index (χ0) is 39.1. The Morgan fingerprint density at radius 1 is 0.643 bits per heavy atom. The SMILES string of the molecule is COC(=O)N[C@@H](C)C(=O)N1CCCC1c1ncc(-c2ccc(-c3ccc(-c4cnc(C5CCCN5C(=O)[C@@H](C)NC(=O)OC)[nH]4)cc3)c3c2C2CCC3CC2)[nH]1. The third-order valence-electron chi connectivity index (χ3n) is 12.3. The van der Waals surface area contributed by atoms with E-state index in [0.29, 0.717) is 24.9 Å². The van der Waals surface area contributed by atoms with E-state index in [4.69, 9.17) is 14.7 Å². The zero-order valence-corrected chi connectivity index (χ0v) is 32.4. The fraction of sp³-hybridized carbons (Fsp3) is 0.476. The molecule has 56 heavy (non-hydrogen) atoms. The minimum absolute atomic E-state index is 0.151. The van der Waals surface area contributed by atoms with Crippen LogP contribution >= 0.6 is 0 Å². The van der Waals surface area contributed by atoms with Crippen LogP contribution in [0.1, 0.15) is 112 Å². The van der Waals surface area contributed by atoms with Gasteiger partial charge >= 0.3 is 12.2 Å². The Morgan fingerprint density at radius 2 is 1.09 bits per heavy atom. The second-order valence-electron chi connectivity index (χ2n) is 15.6. The summed E-state index contributed by atoms with van der Waals surface area (Å²) in [6.07, 6.45) is 10.5. The van der Waals surface area contributed by atoms with E-state index in [2.05, 4.69) is 61.7 Å². The Morgan fingerprint density at radius 3 is 1.61 bits per heavy atom. The van der Waals surface area contributed by atoms with E-state index in [1.165, 1.54) is 67.7 Å². The number of likely N-dealkylation sites (tertiary alicyclic amines) is 2. The van der Waals surface area contributed by atoms with Gasteiger partial charge in [0.1, 0.15) is 23.7 Å². The molecule has 5 aliphatic rings. The average molecular weight is 763 g/mol. The molecule has 14 nitrogen and oxygen atoms in total. The number of ether oxygens (including phenoxy) is 2. The number of hydrogen-bond donors (Lipinski definition) is 4. The molecule has 2 aromatic carbocycles. The van der Waals surface area contributed by atoms with E-state index in [-0.39, 0.29) is 23.9 Å². The van der Waals surface area contributed by atoms with Crippen LogP contribution in [0.5, 0.6) is 0 Å². The number of benzene rings is 2. The lowest BCUT2D eigenvalue weighted by Crippen LogP contribution is -2.46. The van der Waals surface area contributed by atoms with Gasteiger partial charge in [0, 0.05) is 18.7 Å². The van der Waals surface area contributed by atoms with Crippen LogP contribution in [0.15, 0.2) is 48.8 Å². The molecular weight excluding hydrogens is 713 g/mol. The molecule has 3 fully saturated rings. The van der Waals surface area contributed by atoms with Crippen molar-refractivity contribution in [1.29, 1.82) is 0 Å². The molecule has 2 aromatic heterocycles. The molecule has 4 heterocycles. The second kappa shape index (κ2) is 15.5.